The van der Waals surface area contributed by atoms with E-state index in [1.165, 1.54) is 15.6 Å². The van der Waals surface area contributed by atoms with Crippen LogP contribution in [0.15, 0.2) is 34.2 Å². The molecule has 2 unspecified atom stereocenters. The summed E-state index contributed by atoms with van der Waals surface area (Å²) >= 11 is 4.66. The normalized spacial score (nSPS) is 16.7. The Hall–Kier alpha value is -0.850. The van der Waals surface area contributed by atoms with Crippen LogP contribution in [0.4, 0.5) is 0 Å². The van der Waals surface area contributed by atoms with Gasteiger partial charge >= 0.3 is 0 Å². The minimum Gasteiger partial charge on any atom is -0.497 e. The number of ether oxygens (including phenoxy) is 1. The van der Waals surface area contributed by atoms with E-state index in [-0.39, 0.29) is 6.54 Å². The largest absolute Gasteiger partial charge is 0.497 e. The van der Waals surface area contributed by atoms with Crippen molar-refractivity contribution in [2.75, 3.05) is 14.2 Å². The van der Waals surface area contributed by atoms with E-state index >= 15 is 0 Å². The highest BCUT2D eigenvalue weighted by atomic mass is 79.9. The van der Waals surface area contributed by atoms with Gasteiger partial charge in [-0.05, 0) is 68.2 Å². The number of halogens is 1. The van der Waals surface area contributed by atoms with Gasteiger partial charge in [-0.2, -0.15) is 0 Å². The molecule has 1 aromatic carbocycles. The number of nitrogens with one attached hydrogen (secondary N) is 1. The Balaban J connectivity index is 2.38. The van der Waals surface area contributed by atoms with E-state index in [4.69, 9.17) is 4.74 Å². The third-order valence-electron chi connectivity index (χ3n) is 5.04. The first-order valence-electron chi connectivity index (χ1n) is 9.61. The first kappa shape index (κ1) is 26.4. The fraction of sp³-hybridized carbons (Fsp3) is 0.550. The molecular formula is C20H30BrN3O4S3. The lowest BCUT2D eigenvalue weighted by atomic mass is 10.0. The summed E-state index contributed by atoms with van der Waals surface area (Å²) in [6.45, 7) is 9.08. The number of methoxy groups -OCH3 is 1. The minimum absolute atomic E-state index is 0.205. The SMILES string of the molecule is COc1ccc(CN(C)S(=O)(=O)C(C)C(C)(N[S@](=O)C(C)(C)C)c2nc(Br)cs2)cc1. The number of aromatic nitrogens is 1. The van der Waals surface area contributed by atoms with E-state index < -0.39 is 36.5 Å². The number of benzene rings is 1. The van der Waals surface area contributed by atoms with Crippen molar-refractivity contribution in [3.63, 3.8) is 0 Å². The summed E-state index contributed by atoms with van der Waals surface area (Å²) in [6.07, 6.45) is 0. The molecule has 7 nitrogen and oxygen atoms in total. The maximum absolute atomic E-state index is 13.5. The Morgan fingerprint density at radius 3 is 2.29 bits per heavy atom. The standard InChI is InChI=1S/C20H30BrN3O4S3/c1-14(31(26,27)24(6)12-15-8-10-16(28-7)11-9-15)20(5,18-22-17(21)13-29-18)23-30(25)19(2,3)4/h8-11,13-14,23H,12H2,1-7H3/t14?,20?,30-/m1/s1. The average Bonchev–Trinajstić information content (AvgIpc) is 3.14. The molecule has 0 amide bonds. The summed E-state index contributed by atoms with van der Waals surface area (Å²) in [7, 11) is -2.15. The lowest BCUT2D eigenvalue weighted by molar-refractivity contribution is 0.385. The molecule has 1 heterocycles. The van der Waals surface area contributed by atoms with Crippen LogP contribution in [0.5, 0.6) is 5.75 Å². The van der Waals surface area contributed by atoms with Gasteiger partial charge in [-0.3, -0.25) is 0 Å². The molecule has 0 saturated carbocycles. The summed E-state index contributed by atoms with van der Waals surface area (Å²) in [5.74, 6) is 0.707. The summed E-state index contributed by atoms with van der Waals surface area (Å²) in [6, 6.07) is 7.26. The monoisotopic (exact) mass is 551 g/mol. The van der Waals surface area contributed by atoms with Gasteiger partial charge in [0, 0.05) is 19.0 Å². The van der Waals surface area contributed by atoms with Gasteiger partial charge < -0.3 is 4.74 Å². The van der Waals surface area contributed by atoms with E-state index in [2.05, 4.69) is 25.6 Å². The second-order valence-electron chi connectivity index (χ2n) is 8.45. The molecule has 0 fully saturated rings. The second-order valence-corrected chi connectivity index (χ2v) is 14.4. The van der Waals surface area contributed by atoms with Crippen LogP contribution in [0.3, 0.4) is 0 Å². The maximum Gasteiger partial charge on any atom is 0.219 e. The predicted molar refractivity (Wildman–Crippen MR) is 131 cm³/mol. The Morgan fingerprint density at radius 2 is 1.84 bits per heavy atom. The highest BCUT2D eigenvalue weighted by Crippen LogP contribution is 2.35. The van der Waals surface area contributed by atoms with Crippen molar-refractivity contribution in [2.45, 2.75) is 56.7 Å². The Kier molecular flexibility index (Phi) is 8.49. The number of thiazole rings is 1. The van der Waals surface area contributed by atoms with Crippen LogP contribution in [0, 0.1) is 0 Å². The third kappa shape index (κ3) is 6.14. The second kappa shape index (κ2) is 9.96. The maximum atomic E-state index is 13.5. The lowest BCUT2D eigenvalue weighted by Gasteiger charge is -2.37. The van der Waals surface area contributed by atoms with Gasteiger partial charge in [0.25, 0.3) is 0 Å². The predicted octanol–water partition coefficient (Wildman–Crippen LogP) is 4.03. The summed E-state index contributed by atoms with van der Waals surface area (Å²) in [4.78, 5) is 4.46. The Bertz CT molecular complexity index is 1020. The van der Waals surface area contributed by atoms with Gasteiger partial charge in [0.2, 0.25) is 10.0 Å². The van der Waals surface area contributed by atoms with Crippen LogP contribution in [-0.4, -0.2) is 46.1 Å². The van der Waals surface area contributed by atoms with Crippen LogP contribution >= 0.6 is 27.3 Å². The molecule has 0 saturated heterocycles. The summed E-state index contributed by atoms with van der Waals surface area (Å²) in [5, 5.41) is 1.40. The lowest BCUT2D eigenvalue weighted by Crippen LogP contribution is -2.56. The van der Waals surface area contributed by atoms with Crippen LogP contribution in [0.25, 0.3) is 0 Å². The van der Waals surface area contributed by atoms with Crippen molar-refractivity contribution >= 4 is 48.3 Å². The average molecular weight is 553 g/mol. The topological polar surface area (TPSA) is 88.6 Å². The van der Waals surface area contributed by atoms with Crippen molar-refractivity contribution < 1.29 is 17.4 Å². The molecule has 0 aliphatic rings. The number of sulfonamides is 1. The number of nitrogens with zero attached hydrogens (tertiary/aromatic N) is 2. The number of hydrogen-bond acceptors (Lipinski definition) is 6. The Labute approximate surface area is 200 Å². The van der Waals surface area contributed by atoms with Crippen LogP contribution in [0.1, 0.15) is 45.2 Å². The van der Waals surface area contributed by atoms with E-state index in [9.17, 15) is 12.6 Å². The van der Waals surface area contributed by atoms with Gasteiger partial charge in [0.1, 0.15) is 15.4 Å². The number of rotatable bonds is 9. The van der Waals surface area contributed by atoms with E-state index in [1.54, 1.807) is 45.5 Å². The third-order valence-corrected chi connectivity index (χ3v) is 10.9. The van der Waals surface area contributed by atoms with Gasteiger partial charge in [0.05, 0.1) is 33.6 Å². The van der Waals surface area contributed by atoms with Gasteiger partial charge in [-0.25, -0.2) is 26.6 Å². The van der Waals surface area contributed by atoms with E-state index in [1.807, 2.05) is 32.9 Å². The summed E-state index contributed by atoms with van der Waals surface area (Å²) < 4.78 is 49.6. The highest BCUT2D eigenvalue weighted by Gasteiger charge is 2.47. The zero-order valence-corrected chi connectivity index (χ0v) is 22.8. The molecule has 0 spiro atoms. The molecule has 0 aliphatic heterocycles. The molecule has 2 aromatic rings. The molecule has 2 rings (SSSR count). The summed E-state index contributed by atoms with van der Waals surface area (Å²) in [5.41, 5.74) is -0.328. The number of hydrogen-bond donors (Lipinski definition) is 1. The van der Waals surface area contributed by atoms with Crippen molar-refractivity contribution in [1.82, 2.24) is 14.0 Å². The van der Waals surface area contributed by atoms with Crippen LogP contribution in [0.2, 0.25) is 0 Å². The molecule has 11 heteroatoms. The molecule has 174 valence electrons. The zero-order chi connectivity index (χ0) is 23.6. The van der Waals surface area contributed by atoms with E-state index in [0.717, 1.165) is 5.56 Å². The zero-order valence-electron chi connectivity index (χ0n) is 18.8. The smallest absolute Gasteiger partial charge is 0.219 e. The van der Waals surface area contributed by atoms with Crippen molar-refractivity contribution in [2.24, 2.45) is 0 Å². The molecule has 1 aromatic heterocycles. The van der Waals surface area contributed by atoms with E-state index in [0.29, 0.717) is 15.4 Å². The molecule has 0 bridgehead atoms. The quantitative estimate of drug-likeness (QED) is 0.508. The van der Waals surface area contributed by atoms with Crippen molar-refractivity contribution in [3.05, 3.63) is 44.8 Å². The van der Waals surface area contributed by atoms with Crippen LogP contribution in [-0.2, 0) is 33.1 Å². The molecule has 31 heavy (non-hydrogen) atoms. The van der Waals surface area contributed by atoms with Crippen molar-refractivity contribution in [1.29, 1.82) is 0 Å². The fourth-order valence-corrected chi connectivity index (χ4v) is 7.06. The van der Waals surface area contributed by atoms with Gasteiger partial charge in [-0.15, -0.1) is 11.3 Å². The van der Waals surface area contributed by atoms with Gasteiger partial charge in [0.15, 0.2) is 0 Å². The first-order valence-corrected chi connectivity index (χ1v) is 13.9. The van der Waals surface area contributed by atoms with Crippen molar-refractivity contribution in [3.8, 4) is 5.75 Å². The minimum atomic E-state index is -3.78. The molecule has 3 atom stereocenters. The van der Waals surface area contributed by atoms with Crippen LogP contribution < -0.4 is 9.46 Å². The molecule has 1 N–H and O–H groups in total. The molecule has 0 radical (unpaired) electrons. The highest BCUT2D eigenvalue weighted by molar-refractivity contribution is 9.10. The Morgan fingerprint density at radius 1 is 1.26 bits per heavy atom. The molecular weight excluding hydrogens is 522 g/mol. The first-order chi connectivity index (χ1) is 14.2. The molecule has 0 aliphatic carbocycles. The van der Waals surface area contributed by atoms with Gasteiger partial charge in [-0.1, -0.05) is 12.1 Å². The fourth-order valence-electron chi connectivity index (χ4n) is 2.78.